The maximum absolute atomic E-state index is 10.5. The molecule has 4 nitrogen and oxygen atoms in total. The minimum atomic E-state index is -4.41. The number of rotatable bonds is 9. The highest BCUT2D eigenvalue weighted by molar-refractivity contribution is 7.56. The molecule has 0 aromatic carbocycles. The fourth-order valence-corrected chi connectivity index (χ4v) is 1.82. The molecule has 0 amide bonds. The zero-order valence-corrected chi connectivity index (χ0v) is 10.8. The van der Waals surface area contributed by atoms with Crippen LogP contribution in [0.5, 0.6) is 0 Å². The first-order chi connectivity index (χ1) is 7.48. The van der Waals surface area contributed by atoms with E-state index in [1.54, 1.807) is 0 Å². The van der Waals surface area contributed by atoms with Gasteiger partial charge in [0.2, 0.25) is 5.50 Å². The first-order valence-electron chi connectivity index (χ1n) is 5.93. The Kier molecular flexibility index (Phi) is 8.63. The highest BCUT2D eigenvalue weighted by Gasteiger charge is 2.18. The number of aliphatic hydroxyl groups is 1. The Labute approximate surface area is 97.5 Å². The highest BCUT2D eigenvalue weighted by Crippen LogP contribution is 2.42. The van der Waals surface area contributed by atoms with Gasteiger partial charge in [0.05, 0.1) is 0 Å². The lowest BCUT2D eigenvalue weighted by Crippen LogP contribution is -1.84. The van der Waals surface area contributed by atoms with Gasteiger partial charge in [-0.2, -0.15) is 0 Å². The molecule has 16 heavy (non-hydrogen) atoms. The lowest BCUT2D eigenvalue weighted by molar-refractivity contribution is 0.336. The van der Waals surface area contributed by atoms with Gasteiger partial charge < -0.3 is 14.9 Å². The van der Waals surface area contributed by atoms with Gasteiger partial charge >= 0.3 is 7.60 Å². The fraction of sp³-hybridized carbons (Fsp3) is 0.818. The zero-order chi connectivity index (χ0) is 12.4. The standard InChI is InChI=1S/C11H23O4P/c1-2-3-4-5-6-7-8-9-10-11(12)16(13,14)15/h10,12H,2-9H2,1H3,(H2,13,14,15)/b11-10+. The van der Waals surface area contributed by atoms with Gasteiger partial charge in [0.1, 0.15) is 0 Å². The summed E-state index contributed by atoms with van der Waals surface area (Å²) in [5, 5.41) is 8.96. The topological polar surface area (TPSA) is 77.8 Å². The van der Waals surface area contributed by atoms with E-state index in [9.17, 15) is 4.57 Å². The number of hydrogen-bond acceptors (Lipinski definition) is 2. The molecule has 0 aliphatic rings. The third kappa shape index (κ3) is 8.96. The second-order valence-electron chi connectivity index (χ2n) is 4.02. The van der Waals surface area contributed by atoms with Gasteiger partial charge in [-0.1, -0.05) is 45.4 Å². The van der Waals surface area contributed by atoms with E-state index in [2.05, 4.69) is 6.92 Å². The Hall–Kier alpha value is -0.310. The molecule has 0 rings (SSSR count). The van der Waals surface area contributed by atoms with Crippen molar-refractivity contribution in [2.45, 2.75) is 58.3 Å². The number of hydrogen-bond donors (Lipinski definition) is 3. The van der Waals surface area contributed by atoms with Crippen molar-refractivity contribution in [3.05, 3.63) is 11.6 Å². The molecule has 0 bridgehead atoms. The number of unbranched alkanes of at least 4 members (excludes halogenated alkanes) is 7. The third-order valence-electron chi connectivity index (χ3n) is 2.43. The van der Waals surface area contributed by atoms with Crippen molar-refractivity contribution in [3.63, 3.8) is 0 Å². The van der Waals surface area contributed by atoms with E-state index in [1.165, 1.54) is 31.8 Å². The molecule has 0 heterocycles. The summed E-state index contributed by atoms with van der Waals surface area (Å²) in [7, 11) is -4.41. The van der Waals surface area contributed by atoms with Gasteiger partial charge in [-0.05, 0) is 18.9 Å². The van der Waals surface area contributed by atoms with E-state index < -0.39 is 13.1 Å². The summed E-state index contributed by atoms with van der Waals surface area (Å²) >= 11 is 0. The van der Waals surface area contributed by atoms with Gasteiger partial charge in [-0.3, -0.25) is 4.57 Å². The molecule has 0 saturated heterocycles. The summed E-state index contributed by atoms with van der Waals surface area (Å²) in [6.45, 7) is 2.18. The second kappa shape index (κ2) is 8.80. The van der Waals surface area contributed by atoms with Gasteiger partial charge in [-0.25, -0.2) is 0 Å². The third-order valence-corrected chi connectivity index (χ3v) is 3.21. The molecule has 3 N–H and O–H groups in total. The summed E-state index contributed by atoms with van der Waals surface area (Å²) in [6, 6.07) is 0. The van der Waals surface area contributed by atoms with E-state index in [4.69, 9.17) is 14.9 Å². The van der Waals surface area contributed by atoms with E-state index in [0.29, 0.717) is 6.42 Å². The van der Waals surface area contributed by atoms with Crippen LogP contribution in [0.4, 0.5) is 0 Å². The molecule has 0 aromatic heterocycles. The fourth-order valence-electron chi connectivity index (χ4n) is 1.45. The molecule has 0 aromatic rings. The van der Waals surface area contributed by atoms with Crippen molar-refractivity contribution in [2.75, 3.05) is 0 Å². The van der Waals surface area contributed by atoms with Crippen molar-refractivity contribution in [1.29, 1.82) is 0 Å². The Morgan fingerprint density at radius 3 is 2.06 bits per heavy atom. The summed E-state index contributed by atoms with van der Waals surface area (Å²) in [4.78, 5) is 17.2. The predicted molar refractivity (Wildman–Crippen MR) is 65.4 cm³/mol. The largest absolute Gasteiger partial charge is 0.501 e. The van der Waals surface area contributed by atoms with E-state index >= 15 is 0 Å². The van der Waals surface area contributed by atoms with Crippen LogP contribution in [0.25, 0.3) is 0 Å². The van der Waals surface area contributed by atoms with Crippen molar-refractivity contribution in [3.8, 4) is 0 Å². The molecule has 0 spiro atoms. The molecular formula is C11H23O4P. The Bertz CT molecular complexity index is 244. The molecule has 0 saturated carbocycles. The van der Waals surface area contributed by atoms with Crippen LogP contribution < -0.4 is 0 Å². The molecule has 0 aliphatic heterocycles. The molecule has 0 atom stereocenters. The zero-order valence-electron chi connectivity index (χ0n) is 9.93. The highest BCUT2D eigenvalue weighted by atomic mass is 31.2. The molecule has 0 aliphatic carbocycles. The van der Waals surface area contributed by atoms with Gasteiger partial charge in [0.15, 0.2) is 0 Å². The van der Waals surface area contributed by atoms with Gasteiger partial charge in [0.25, 0.3) is 0 Å². The maximum atomic E-state index is 10.5. The van der Waals surface area contributed by atoms with Crippen molar-refractivity contribution < 1.29 is 19.5 Å². The van der Waals surface area contributed by atoms with Crippen LogP contribution in [0, 0.1) is 0 Å². The van der Waals surface area contributed by atoms with Crippen LogP contribution in [0.3, 0.4) is 0 Å². The minimum absolute atomic E-state index is 0.532. The lowest BCUT2D eigenvalue weighted by Gasteiger charge is -2.02. The van der Waals surface area contributed by atoms with E-state index in [0.717, 1.165) is 19.3 Å². The second-order valence-corrected chi connectivity index (χ2v) is 5.56. The monoisotopic (exact) mass is 250 g/mol. The van der Waals surface area contributed by atoms with Crippen LogP contribution in [-0.2, 0) is 4.57 Å². The van der Waals surface area contributed by atoms with Crippen molar-refractivity contribution in [2.24, 2.45) is 0 Å². The van der Waals surface area contributed by atoms with Gasteiger partial charge in [-0.15, -0.1) is 0 Å². The Morgan fingerprint density at radius 1 is 1.06 bits per heavy atom. The molecule has 0 radical (unpaired) electrons. The van der Waals surface area contributed by atoms with Crippen LogP contribution in [0.2, 0.25) is 0 Å². The van der Waals surface area contributed by atoms with Crippen LogP contribution in [0.15, 0.2) is 11.6 Å². The van der Waals surface area contributed by atoms with Crippen LogP contribution in [-0.4, -0.2) is 14.9 Å². The first-order valence-corrected chi connectivity index (χ1v) is 7.55. The molecule has 0 unspecified atom stereocenters. The first kappa shape index (κ1) is 15.7. The smallest absolute Gasteiger partial charge is 0.389 e. The van der Waals surface area contributed by atoms with Gasteiger partial charge in [0, 0.05) is 0 Å². The number of aliphatic hydroxyl groups excluding tert-OH is 1. The summed E-state index contributed by atoms with van der Waals surface area (Å²) in [6.07, 6.45) is 9.84. The number of allylic oxidation sites excluding steroid dienone is 1. The normalized spacial score (nSPS) is 13.1. The quantitative estimate of drug-likeness (QED) is 0.331. The summed E-state index contributed by atoms with van der Waals surface area (Å²) in [5.41, 5.74) is -0.793. The van der Waals surface area contributed by atoms with Crippen molar-refractivity contribution >= 4 is 7.60 Å². The molecule has 0 fully saturated rings. The predicted octanol–water partition coefficient (Wildman–Crippen LogP) is 3.70. The van der Waals surface area contributed by atoms with Crippen LogP contribution in [0.1, 0.15) is 58.3 Å². The minimum Gasteiger partial charge on any atom is -0.501 e. The lowest BCUT2D eigenvalue weighted by atomic mass is 10.1. The summed E-state index contributed by atoms with van der Waals surface area (Å²) < 4.78 is 10.5. The SMILES string of the molecule is CCCCCCCCC/C=C(\O)P(=O)(O)O. The van der Waals surface area contributed by atoms with E-state index in [1.807, 2.05) is 0 Å². The van der Waals surface area contributed by atoms with E-state index in [-0.39, 0.29) is 0 Å². The maximum Gasteiger partial charge on any atom is 0.389 e. The molecule has 96 valence electrons. The van der Waals surface area contributed by atoms with Crippen LogP contribution >= 0.6 is 7.60 Å². The molecular weight excluding hydrogens is 227 g/mol. The summed E-state index contributed by atoms with van der Waals surface area (Å²) in [5.74, 6) is 0. The Balaban J connectivity index is 3.43. The Morgan fingerprint density at radius 2 is 1.56 bits per heavy atom. The molecule has 5 heteroatoms. The average molecular weight is 250 g/mol. The average Bonchev–Trinajstić information content (AvgIpc) is 2.20. The van der Waals surface area contributed by atoms with Crippen molar-refractivity contribution in [1.82, 2.24) is 0 Å².